The van der Waals surface area contributed by atoms with Gasteiger partial charge in [0.25, 0.3) is 0 Å². The number of rotatable bonds is 5. The highest BCUT2D eigenvalue weighted by Gasteiger charge is 2.18. The summed E-state index contributed by atoms with van der Waals surface area (Å²) >= 11 is 0. The average molecular weight is 429 g/mol. The van der Waals surface area contributed by atoms with E-state index >= 15 is 0 Å². The van der Waals surface area contributed by atoms with Crippen LogP contribution in [0.2, 0.25) is 0 Å². The third-order valence-electron chi connectivity index (χ3n) is 5.78. The summed E-state index contributed by atoms with van der Waals surface area (Å²) < 4.78 is 1.77. The van der Waals surface area contributed by atoms with Crippen molar-refractivity contribution >= 4 is 22.5 Å². The summed E-state index contributed by atoms with van der Waals surface area (Å²) in [6.45, 7) is 3.72. The maximum Gasteiger partial charge on any atom is 0.187 e. The number of hydrogen-bond donors (Lipinski definition) is 0. The second-order valence-electron chi connectivity index (χ2n) is 8.16. The molecule has 4 heterocycles. The lowest BCUT2D eigenvalue weighted by Gasteiger charge is -2.33. The molecule has 3 aromatic heterocycles. The minimum atomic E-state index is -0.0974. The Morgan fingerprint density at radius 1 is 0.969 bits per heavy atom. The van der Waals surface area contributed by atoms with Crippen molar-refractivity contribution in [2.24, 2.45) is 7.05 Å². The van der Waals surface area contributed by atoms with Gasteiger partial charge in [-0.05, 0) is 30.8 Å². The number of ketones is 1. The van der Waals surface area contributed by atoms with Crippen molar-refractivity contribution in [3.63, 3.8) is 0 Å². The van der Waals surface area contributed by atoms with Gasteiger partial charge in [0.1, 0.15) is 17.8 Å². The molecular weight excluding hydrogens is 404 g/mol. The first kappa shape index (κ1) is 20.2. The van der Waals surface area contributed by atoms with E-state index in [0.717, 1.165) is 54.0 Å². The first-order chi connectivity index (χ1) is 15.5. The highest BCUT2D eigenvalue weighted by atomic mass is 16.1. The van der Waals surface area contributed by atoms with Gasteiger partial charge in [0.2, 0.25) is 0 Å². The van der Waals surface area contributed by atoms with E-state index in [0.29, 0.717) is 11.4 Å². The number of carbonyl (C=O) groups is 1. The van der Waals surface area contributed by atoms with Crippen molar-refractivity contribution < 1.29 is 4.79 Å². The standard InChI is InChI=1S/C23H24N8O/c1-29-5-7-31(8-6-29)23-12-21(24-15-25-23)22(32)11-19-10-17-9-16(3-4-20(17)28-27-19)18-13-26-30(2)14-18/h3-4,9-10,12-15H,5-8,11H2,1-2H3. The van der Waals surface area contributed by atoms with E-state index in [2.05, 4.69) is 42.1 Å². The first-order valence-corrected chi connectivity index (χ1v) is 10.6. The minimum Gasteiger partial charge on any atom is -0.354 e. The number of Topliss-reactive ketones (excluding diaryl/α,β-unsaturated/α-hetero) is 1. The van der Waals surface area contributed by atoms with Crippen molar-refractivity contribution in [3.05, 3.63) is 60.4 Å². The molecule has 0 unspecified atom stereocenters. The van der Waals surface area contributed by atoms with Gasteiger partial charge in [-0.2, -0.15) is 15.3 Å². The van der Waals surface area contributed by atoms with Crippen LogP contribution in [0.15, 0.2) is 49.1 Å². The Bertz CT molecular complexity index is 1280. The summed E-state index contributed by atoms with van der Waals surface area (Å²) in [5.74, 6) is 0.696. The molecule has 0 atom stereocenters. The summed E-state index contributed by atoms with van der Waals surface area (Å²) in [6.07, 6.45) is 5.40. The number of benzene rings is 1. The van der Waals surface area contributed by atoms with E-state index in [1.807, 2.05) is 43.7 Å². The smallest absolute Gasteiger partial charge is 0.187 e. The number of aryl methyl sites for hydroxylation is 1. The first-order valence-electron chi connectivity index (χ1n) is 10.6. The van der Waals surface area contributed by atoms with Crippen LogP contribution >= 0.6 is 0 Å². The summed E-state index contributed by atoms with van der Waals surface area (Å²) in [7, 11) is 4.00. The number of hydrogen-bond acceptors (Lipinski definition) is 8. The summed E-state index contributed by atoms with van der Waals surface area (Å²) in [4.78, 5) is 26.0. The lowest BCUT2D eigenvalue weighted by Crippen LogP contribution is -2.44. The number of carbonyl (C=O) groups excluding carboxylic acids is 1. The monoisotopic (exact) mass is 428 g/mol. The van der Waals surface area contributed by atoms with Gasteiger partial charge in [0, 0.05) is 56.4 Å². The van der Waals surface area contributed by atoms with Gasteiger partial charge < -0.3 is 9.80 Å². The minimum absolute atomic E-state index is 0.0974. The molecule has 0 amide bonds. The van der Waals surface area contributed by atoms with Crippen LogP contribution in [0.4, 0.5) is 5.82 Å². The molecule has 0 saturated carbocycles. The van der Waals surface area contributed by atoms with Crippen molar-refractivity contribution in [3.8, 4) is 11.1 Å². The predicted molar refractivity (Wildman–Crippen MR) is 122 cm³/mol. The van der Waals surface area contributed by atoms with Gasteiger partial charge in [-0.3, -0.25) is 9.48 Å². The molecule has 4 aromatic rings. The van der Waals surface area contributed by atoms with Crippen LogP contribution in [0.3, 0.4) is 0 Å². The topological polar surface area (TPSA) is 92.9 Å². The summed E-state index contributed by atoms with van der Waals surface area (Å²) in [6, 6.07) is 9.68. The lowest BCUT2D eigenvalue weighted by molar-refractivity contribution is 0.0987. The Morgan fingerprint density at radius 3 is 2.59 bits per heavy atom. The number of piperazine rings is 1. The van der Waals surface area contributed by atoms with Gasteiger partial charge in [-0.1, -0.05) is 6.07 Å². The zero-order valence-electron chi connectivity index (χ0n) is 18.1. The van der Waals surface area contributed by atoms with Crippen LogP contribution in [0.5, 0.6) is 0 Å². The van der Waals surface area contributed by atoms with Gasteiger partial charge in [-0.25, -0.2) is 9.97 Å². The quantitative estimate of drug-likeness (QED) is 0.446. The maximum atomic E-state index is 12.9. The second-order valence-corrected chi connectivity index (χ2v) is 8.16. The van der Waals surface area contributed by atoms with Gasteiger partial charge >= 0.3 is 0 Å². The molecule has 9 heteroatoms. The largest absolute Gasteiger partial charge is 0.354 e. The SMILES string of the molecule is CN1CCN(c2cc(C(=O)Cc3cc4cc(-c5cnn(C)c5)ccc4nn3)ncn2)CC1. The molecule has 1 fully saturated rings. The van der Waals surface area contributed by atoms with Crippen molar-refractivity contribution in [1.29, 1.82) is 0 Å². The molecule has 1 saturated heterocycles. The molecule has 0 radical (unpaired) electrons. The van der Waals surface area contributed by atoms with E-state index in [1.54, 1.807) is 10.7 Å². The van der Waals surface area contributed by atoms with Gasteiger partial charge in [-0.15, -0.1) is 0 Å². The van der Waals surface area contributed by atoms with Crippen LogP contribution in [0.25, 0.3) is 22.0 Å². The van der Waals surface area contributed by atoms with E-state index in [-0.39, 0.29) is 12.2 Å². The molecule has 5 rings (SSSR count). The summed E-state index contributed by atoms with van der Waals surface area (Å²) in [5, 5.41) is 13.7. The number of nitrogens with zero attached hydrogens (tertiary/aromatic N) is 8. The maximum absolute atomic E-state index is 12.9. The zero-order valence-corrected chi connectivity index (χ0v) is 18.1. The van der Waals surface area contributed by atoms with E-state index in [4.69, 9.17) is 0 Å². The van der Waals surface area contributed by atoms with Gasteiger partial charge in [0.05, 0.1) is 23.8 Å². The molecule has 162 valence electrons. The molecule has 0 aliphatic carbocycles. The van der Waals surface area contributed by atoms with E-state index in [9.17, 15) is 4.79 Å². The van der Waals surface area contributed by atoms with Gasteiger partial charge in [0.15, 0.2) is 5.78 Å². The average Bonchev–Trinajstić information content (AvgIpc) is 3.25. The number of anilines is 1. The zero-order chi connectivity index (χ0) is 22.1. The molecule has 1 aromatic carbocycles. The van der Waals surface area contributed by atoms with Crippen LogP contribution in [-0.2, 0) is 13.5 Å². The highest BCUT2D eigenvalue weighted by molar-refractivity contribution is 5.96. The molecule has 1 aliphatic rings. The van der Waals surface area contributed by atoms with E-state index in [1.165, 1.54) is 6.33 Å². The third kappa shape index (κ3) is 4.19. The Hall–Kier alpha value is -3.72. The fraction of sp³-hybridized carbons (Fsp3) is 0.304. The molecule has 1 aliphatic heterocycles. The van der Waals surface area contributed by atoms with Crippen LogP contribution in [-0.4, -0.2) is 73.9 Å². The molecule has 0 N–H and O–H groups in total. The number of aromatic nitrogens is 6. The predicted octanol–water partition coefficient (Wildman–Crippen LogP) is 2.00. The Morgan fingerprint density at radius 2 is 1.81 bits per heavy atom. The van der Waals surface area contributed by atoms with Crippen molar-refractivity contribution in [2.75, 3.05) is 38.1 Å². The third-order valence-corrected chi connectivity index (χ3v) is 5.78. The Balaban J connectivity index is 1.36. The Labute approximate surface area is 185 Å². The lowest BCUT2D eigenvalue weighted by atomic mass is 10.1. The fourth-order valence-electron chi connectivity index (χ4n) is 3.89. The molecular formula is C23H24N8O. The molecule has 0 spiro atoms. The van der Waals surface area contributed by atoms with Crippen molar-refractivity contribution in [2.45, 2.75) is 6.42 Å². The second kappa shape index (κ2) is 8.43. The highest BCUT2D eigenvalue weighted by Crippen LogP contribution is 2.23. The van der Waals surface area contributed by atoms with Crippen LogP contribution in [0.1, 0.15) is 16.2 Å². The Kier molecular flexibility index (Phi) is 5.32. The fourth-order valence-corrected chi connectivity index (χ4v) is 3.89. The van der Waals surface area contributed by atoms with E-state index < -0.39 is 0 Å². The van der Waals surface area contributed by atoms with Crippen molar-refractivity contribution in [1.82, 2.24) is 34.8 Å². The normalized spacial score (nSPS) is 14.8. The summed E-state index contributed by atoms with van der Waals surface area (Å²) in [5.41, 5.74) is 3.88. The van der Waals surface area contributed by atoms with Crippen LogP contribution < -0.4 is 4.90 Å². The molecule has 9 nitrogen and oxygen atoms in total. The number of likely N-dealkylation sites (N-methyl/N-ethyl adjacent to an activating group) is 1. The van der Waals surface area contributed by atoms with Crippen LogP contribution in [0, 0.1) is 0 Å². The number of fused-ring (bicyclic) bond motifs is 1. The molecule has 32 heavy (non-hydrogen) atoms. The molecule has 0 bridgehead atoms.